The number of carbonyl (C=O) groups excluding carboxylic acids is 2. The van der Waals surface area contributed by atoms with Crippen LogP contribution in [0.25, 0.3) is 0 Å². The van der Waals surface area contributed by atoms with Crippen LogP contribution in [0.3, 0.4) is 0 Å². The zero-order valence-corrected chi connectivity index (χ0v) is 53.6. The van der Waals surface area contributed by atoms with E-state index < -0.39 is 12.1 Å². The van der Waals surface area contributed by atoms with Crippen molar-refractivity contribution in [2.24, 2.45) is 0 Å². The van der Waals surface area contributed by atoms with Gasteiger partial charge in [0.2, 0.25) is 5.91 Å². The number of carbonyl (C=O) groups is 2. The zero-order chi connectivity index (χ0) is 57.1. The number of aliphatic hydroxyl groups excluding tert-OH is 2. The fourth-order valence-electron chi connectivity index (χ4n) is 11.5. The van der Waals surface area contributed by atoms with Gasteiger partial charge in [0.15, 0.2) is 0 Å². The molecule has 0 saturated carbocycles. The maximum absolute atomic E-state index is 12.5. The normalized spacial score (nSPS) is 12.6. The van der Waals surface area contributed by atoms with Crippen LogP contribution in [0.2, 0.25) is 0 Å². The summed E-state index contributed by atoms with van der Waals surface area (Å²) in [5, 5.41) is 23.3. The maximum atomic E-state index is 12.5. The summed E-state index contributed by atoms with van der Waals surface area (Å²) >= 11 is 0. The lowest BCUT2D eigenvalue weighted by Crippen LogP contribution is -2.45. The predicted molar refractivity (Wildman–Crippen MR) is 347 cm³/mol. The van der Waals surface area contributed by atoms with E-state index in [1.807, 2.05) is 6.08 Å². The van der Waals surface area contributed by atoms with Crippen molar-refractivity contribution in [2.75, 3.05) is 13.2 Å². The molecule has 0 aliphatic heterocycles. The molecule has 6 nitrogen and oxygen atoms in total. The predicted octanol–water partition coefficient (Wildman–Crippen LogP) is 23.3. The molecule has 3 N–H and O–H groups in total. The van der Waals surface area contributed by atoms with Crippen LogP contribution in [0.15, 0.2) is 24.3 Å². The Kier molecular flexibility index (Phi) is 67.4. The van der Waals surface area contributed by atoms with E-state index in [9.17, 15) is 19.8 Å². The highest BCUT2D eigenvalue weighted by Gasteiger charge is 2.18. The molecule has 79 heavy (non-hydrogen) atoms. The molecular formula is C73H141NO5. The third-order valence-corrected chi connectivity index (χ3v) is 17.0. The molecule has 0 heterocycles. The average Bonchev–Trinajstić information content (AvgIpc) is 3.45. The summed E-state index contributed by atoms with van der Waals surface area (Å²) in [6.45, 7) is 4.94. The van der Waals surface area contributed by atoms with Crippen LogP contribution in [0.4, 0.5) is 0 Å². The summed E-state index contributed by atoms with van der Waals surface area (Å²) in [7, 11) is 0. The van der Waals surface area contributed by atoms with Crippen molar-refractivity contribution < 1.29 is 24.5 Å². The Labute approximate surface area is 494 Å². The van der Waals surface area contributed by atoms with E-state index in [0.717, 1.165) is 44.9 Å². The van der Waals surface area contributed by atoms with Gasteiger partial charge in [-0.3, -0.25) is 9.59 Å². The van der Waals surface area contributed by atoms with Gasteiger partial charge in [-0.15, -0.1) is 0 Å². The fourth-order valence-corrected chi connectivity index (χ4v) is 11.5. The molecule has 0 radical (unpaired) electrons. The van der Waals surface area contributed by atoms with Crippen LogP contribution in [-0.4, -0.2) is 47.4 Å². The lowest BCUT2D eigenvalue weighted by atomic mass is 10.0. The second-order valence-corrected chi connectivity index (χ2v) is 24.9. The smallest absolute Gasteiger partial charge is 0.305 e. The second-order valence-electron chi connectivity index (χ2n) is 24.9. The third-order valence-electron chi connectivity index (χ3n) is 17.0. The summed E-state index contributed by atoms with van der Waals surface area (Å²) in [5.41, 5.74) is 0. The molecule has 468 valence electrons. The number of hydrogen-bond acceptors (Lipinski definition) is 5. The van der Waals surface area contributed by atoms with E-state index in [2.05, 4.69) is 31.3 Å². The highest BCUT2D eigenvalue weighted by molar-refractivity contribution is 5.76. The molecule has 0 aliphatic carbocycles. The molecule has 0 saturated heterocycles. The standard InChI is InChI=1S/C73H141NO5/c1-3-5-7-9-11-13-15-17-19-21-23-24-25-26-27-28-30-33-37-41-45-49-53-57-61-65-71(76)70(69-75)74-72(77)66-62-58-54-50-46-42-38-34-31-29-32-36-40-44-48-52-56-60-64-68-79-73(78)67-63-59-55-51-47-43-39-35-22-20-18-16-14-12-10-8-6-4-2/h29,31,61,65,70-71,75-76H,3-28,30,32-60,62-64,66-69H2,1-2H3,(H,74,77)/b31-29-,65-61+. The fraction of sp³-hybridized carbons (Fsp3) is 0.918. The van der Waals surface area contributed by atoms with Gasteiger partial charge in [-0.25, -0.2) is 0 Å². The number of nitrogens with one attached hydrogen (secondary N) is 1. The van der Waals surface area contributed by atoms with Crippen LogP contribution < -0.4 is 5.32 Å². The number of unbranched alkanes of at least 4 members (excludes halogenated alkanes) is 55. The van der Waals surface area contributed by atoms with Gasteiger partial charge in [-0.2, -0.15) is 0 Å². The quantitative estimate of drug-likeness (QED) is 0.0320. The van der Waals surface area contributed by atoms with Crippen molar-refractivity contribution >= 4 is 11.9 Å². The van der Waals surface area contributed by atoms with Crippen molar-refractivity contribution in [1.29, 1.82) is 0 Å². The topological polar surface area (TPSA) is 95.9 Å². The van der Waals surface area contributed by atoms with Gasteiger partial charge in [0.25, 0.3) is 0 Å². The summed E-state index contributed by atoms with van der Waals surface area (Å²) in [4.78, 5) is 24.6. The molecule has 6 heteroatoms. The van der Waals surface area contributed by atoms with Gasteiger partial charge in [-0.05, 0) is 57.8 Å². The number of aliphatic hydroxyl groups is 2. The van der Waals surface area contributed by atoms with E-state index in [1.165, 1.54) is 334 Å². The van der Waals surface area contributed by atoms with E-state index in [1.54, 1.807) is 6.08 Å². The Morgan fingerprint density at radius 2 is 0.595 bits per heavy atom. The van der Waals surface area contributed by atoms with Crippen molar-refractivity contribution in [3.05, 3.63) is 24.3 Å². The molecule has 0 aromatic rings. The first kappa shape index (κ1) is 77.3. The molecule has 0 spiro atoms. The van der Waals surface area contributed by atoms with Gasteiger partial charge >= 0.3 is 5.97 Å². The first-order valence-electron chi connectivity index (χ1n) is 36.1. The van der Waals surface area contributed by atoms with E-state index in [0.29, 0.717) is 19.4 Å². The van der Waals surface area contributed by atoms with E-state index in [-0.39, 0.29) is 18.5 Å². The number of amides is 1. The monoisotopic (exact) mass is 1110 g/mol. The maximum Gasteiger partial charge on any atom is 0.305 e. The van der Waals surface area contributed by atoms with Crippen LogP contribution in [0.1, 0.15) is 406 Å². The van der Waals surface area contributed by atoms with Crippen molar-refractivity contribution in [3.63, 3.8) is 0 Å². The first-order chi connectivity index (χ1) is 39.0. The SMILES string of the molecule is CCCCCCCCCCCCCCCCCCCCCCCCC/C=C/C(O)C(CO)NC(=O)CCCCCCCCC/C=C\CCCCCCCCCCOC(=O)CCCCCCCCCCCCCCCCCCCC. The number of allylic oxidation sites excluding steroid dienone is 3. The van der Waals surface area contributed by atoms with Crippen molar-refractivity contribution in [1.82, 2.24) is 5.32 Å². The number of esters is 1. The Hall–Kier alpha value is -1.66. The Morgan fingerprint density at radius 3 is 0.899 bits per heavy atom. The van der Waals surface area contributed by atoms with Crippen LogP contribution >= 0.6 is 0 Å². The Balaban J connectivity index is 3.44. The molecule has 0 aromatic heterocycles. The van der Waals surface area contributed by atoms with Crippen LogP contribution in [-0.2, 0) is 14.3 Å². The van der Waals surface area contributed by atoms with Crippen LogP contribution in [0.5, 0.6) is 0 Å². The summed E-state index contributed by atoms with van der Waals surface area (Å²) in [6.07, 6.45) is 86.8. The molecule has 0 aliphatic rings. The van der Waals surface area contributed by atoms with Crippen LogP contribution in [0, 0.1) is 0 Å². The number of ether oxygens (including phenoxy) is 1. The molecule has 1 amide bonds. The molecule has 2 unspecified atom stereocenters. The zero-order valence-electron chi connectivity index (χ0n) is 53.6. The molecule has 2 atom stereocenters. The highest BCUT2D eigenvalue weighted by atomic mass is 16.5. The third kappa shape index (κ3) is 65.4. The van der Waals surface area contributed by atoms with Gasteiger partial charge in [0.05, 0.1) is 25.4 Å². The Bertz CT molecular complexity index is 1230. The highest BCUT2D eigenvalue weighted by Crippen LogP contribution is 2.19. The Morgan fingerprint density at radius 1 is 0.342 bits per heavy atom. The molecule has 0 aromatic carbocycles. The molecule has 0 fully saturated rings. The minimum Gasteiger partial charge on any atom is -0.466 e. The van der Waals surface area contributed by atoms with Gasteiger partial charge in [-0.1, -0.05) is 359 Å². The number of rotatable bonds is 68. The summed E-state index contributed by atoms with van der Waals surface area (Å²) < 4.78 is 5.50. The van der Waals surface area contributed by atoms with Gasteiger partial charge in [0.1, 0.15) is 0 Å². The van der Waals surface area contributed by atoms with Crippen molar-refractivity contribution in [2.45, 2.75) is 418 Å². The summed E-state index contributed by atoms with van der Waals surface area (Å²) in [6, 6.07) is -0.636. The molecule has 0 bridgehead atoms. The summed E-state index contributed by atoms with van der Waals surface area (Å²) in [5.74, 6) is -0.0642. The lowest BCUT2D eigenvalue weighted by Gasteiger charge is -2.20. The van der Waals surface area contributed by atoms with E-state index >= 15 is 0 Å². The lowest BCUT2D eigenvalue weighted by molar-refractivity contribution is -0.143. The van der Waals surface area contributed by atoms with E-state index in [4.69, 9.17) is 4.74 Å². The first-order valence-corrected chi connectivity index (χ1v) is 36.1. The molecular weight excluding hydrogens is 971 g/mol. The number of hydrogen-bond donors (Lipinski definition) is 3. The second kappa shape index (κ2) is 68.8. The average molecular weight is 1110 g/mol. The minimum atomic E-state index is -0.852. The largest absolute Gasteiger partial charge is 0.466 e. The van der Waals surface area contributed by atoms with Gasteiger partial charge < -0.3 is 20.3 Å². The minimum absolute atomic E-state index is 0.00868. The van der Waals surface area contributed by atoms with Gasteiger partial charge in [0, 0.05) is 12.8 Å². The molecule has 0 rings (SSSR count). The van der Waals surface area contributed by atoms with Crippen molar-refractivity contribution in [3.8, 4) is 0 Å².